The first kappa shape index (κ1) is 25.9. The number of phenolic OH excluding ortho intramolecular Hbond substituents is 1. The Balaban J connectivity index is 1.48. The Morgan fingerprint density at radius 3 is 2.05 bits per heavy atom. The summed E-state index contributed by atoms with van der Waals surface area (Å²) >= 11 is 0. The third kappa shape index (κ3) is 5.35. The van der Waals surface area contributed by atoms with E-state index in [2.05, 4.69) is 10.0 Å². The number of sulfonamides is 1. The van der Waals surface area contributed by atoms with Gasteiger partial charge in [-0.15, -0.1) is 0 Å². The minimum absolute atomic E-state index is 0.0402. The molecule has 9 nitrogen and oxygen atoms in total. The zero-order valence-electron chi connectivity index (χ0n) is 20.3. The standard InChI is InChI=1S/C27H26N2O7S/c1-15(2)24(27(32)33)29-37(34,35)20-13-9-18(10-14-20)17-7-11-19(12-8-17)28-26(31)25-16(3)23-21(30)5-4-6-22(23)36-25/h4-15,24,29-30H,1-3H3,(H,28,31)(H,32,33)/t24-/m0/s1. The number of aliphatic carboxylic acids is 1. The Morgan fingerprint density at radius 1 is 0.919 bits per heavy atom. The molecule has 4 aromatic rings. The van der Waals surface area contributed by atoms with E-state index in [1.54, 1.807) is 69.3 Å². The van der Waals surface area contributed by atoms with E-state index in [0.29, 0.717) is 22.2 Å². The highest BCUT2D eigenvalue weighted by atomic mass is 32.2. The highest BCUT2D eigenvalue weighted by Gasteiger charge is 2.28. The molecule has 192 valence electrons. The monoisotopic (exact) mass is 522 g/mol. The molecule has 0 aliphatic rings. The lowest BCUT2D eigenvalue weighted by Gasteiger charge is -2.18. The fourth-order valence-electron chi connectivity index (χ4n) is 3.97. The van der Waals surface area contributed by atoms with Crippen LogP contribution in [0.4, 0.5) is 5.69 Å². The maximum absolute atomic E-state index is 12.8. The molecule has 4 N–H and O–H groups in total. The van der Waals surface area contributed by atoms with Crippen LogP contribution >= 0.6 is 0 Å². The van der Waals surface area contributed by atoms with Crippen LogP contribution in [-0.2, 0) is 14.8 Å². The van der Waals surface area contributed by atoms with Gasteiger partial charge in [0.1, 0.15) is 17.4 Å². The van der Waals surface area contributed by atoms with Crippen LogP contribution in [0.2, 0.25) is 0 Å². The quantitative estimate of drug-likeness (QED) is 0.261. The second kappa shape index (κ2) is 10.1. The topological polar surface area (TPSA) is 146 Å². The van der Waals surface area contributed by atoms with E-state index in [1.807, 2.05) is 0 Å². The summed E-state index contributed by atoms with van der Waals surface area (Å²) in [5.41, 5.74) is 3.00. The highest BCUT2D eigenvalue weighted by Crippen LogP contribution is 2.32. The largest absolute Gasteiger partial charge is 0.507 e. The van der Waals surface area contributed by atoms with E-state index < -0.39 is 33.9 Å². The van der Waals surface area contributed by atoms with Crippen LogP contribution in [0, 0.1) is 12.8 Å². The van der Waals surface area contributed by atoms with Gasteiger partial charge in [0.05, 0.1) is 10.3 Å². The van der Waals surface area contributed by atoms with Crippen molar-refractivity contribution >= 4 is 38.6 Å². The van der Waals surface area contributed by atoms with Crippen molar-refractivity contribution in [1.29, 1.82) is 0 Å². The Labute approximate surface area is 213 Å². The third-order valence-electron chi connectivity index (χ3n) is 5.99. The number of carbonyl (C=O) groups is 2. The van der Waals surface area contributed by atoms with E-state index in [1.165, 1.54) is 18.2 Å². The Kier molecular flexibility index (Phi) is 7.06. The summed E-state index contributed by atoms with van der Waals surface area (Å²) in [5, 5.41) is 22.6. The first-order valence-electron chi connectivity index (χ1n) is 11.5. The van der Waals surface area contributed by atoms with Gasteiger partial charge in [-0.1, -0.05) is 44.2 Å². The molecule has 37 heavy (non-hydrogen) atoms. The Bertz CT molecular complexity index is 1570. The lowest BCUT2D eigenvalue weighted by Crippen LogP contribution is -2.44. The number of nitrogens with one attached hydrogen (secondary N) is 2. The smallest absolute Gasteiger partial charge is 0.322 e. The average molecular weight is 523 g/mol. The number of carboxylic acid groups (broad SMARTS) is 1. The van der Waals surface area contributed by atoms with Crippen molar-refractivity contribution in [3.05, 3.63) is 78.1 Å². The van der Waals surface area contributed by atoms with E-state index >= 15 is 0 Å². The van der Waals surface area contributed by atoms with Gasteiger partial charge in [-0.3, -0.25) is 9.59 Å². The molecule has 0 spiro atoms. The fourth-order valence-corrected chi connectivity index (χ4v) is 5.30. The molecule has 4 rings (SSSR count). The van der Waals surface area contributed by atoms with Gasteiger partial charge in [0.15, 0.2) is 5.76 Å². The molecule has 3 aromatic carbocycles. The number of aromatic hydroxyl groups is 1. The predicted octanol–water partition coefficient (Wildman–Crippen LogP) is 4.75. The number of fused-ring (bicyclic) bond motifs is 1. The van der Waals surface area contributed by atoms with E-state index in [0.717, 1.165) is 11.1 Å². The SMILES string of the molecule is Cc1c(C(=O)Nc2ccc(-c3ccc(S(=O)(=O)N[C@H](C(=O)O)C(C)C)cc3)cc2)oc2cccc(O)c12. The van der Waals surface area contributed by atoms with Crippen LogP contribution in [0.1, 0.15) is 30.0 Å². The van der Waals surface area contributed by atoms with Gasteiger partial charge >= 0.3 is 5.97 Å². The molecule has 1 heterocycles. The minimum atomic E-state index is -4.01. The summed E-state index contributed by atoms with van der Waals surface area (Å²) < 4.78 is 33.1. The highest BCUT2D eigenvalue weighted by molar-refractivity contribution is 7.89. The molecule has 0 unspecified atom stereocenters. The molecule has 0 saturated heterocycles. The van der Waals surface area contributed by atoms with E-state index in [9.17, 15) is 28.2 Å². The summed E-state index contributed by atoms with van der Waals surface area (Å²) in [6.45, 7) is 4.95. The van der Waals surface area contributed by atoms with Crippen LogP contribution < -0.4 is 10.0 Å². The molecule has 10 heteroatoms. The van der Waals surface area contributed by atoms with Crippen molar-refractivity contribution in [2.24, 2.45) is 5.92 Å². The number of amides is 1. The van der Waals surface area contributed by atoms with Gasteiger partial charge in [0, 0.05) is 11.3 Å². The Morgan fingerprint density at radius 2 is 1.51 bits per heavy atom. The number of carboxylic acids is 1. The van der Waals surface area contributed by atoms with Gasteiger partial charge in [-0.05, 0) is 60.4 Å². The maximum Gasteiger partial charge on any atom is 0.322 e. The van der Waals surface area contributed by atoms with Gasteiger partial charge < -0.3 is 19.9 Å². The lowest BCUT2D eigenvalue weighted by atomic mass is 10.1. The minimum Gasteiger partial charge on any atom is -0.507 e. The predicted molar refractivity (Wildman–Crippen MR) is 139 cm³/mol. The molecule has 1 aromatic heterocycles. The molecule has 0 aliphatic heterocycles. The van der Waals surface area contributed by atoms with Gasteiger partial charge in [-0.25, -0.2) is 8.42 Å². The lowest BCUT2D eigenvalue weighted by molar-refractivity contribution is -0.140. The first-order valence-corrected chi connectivity index (χ1v) is 12.9. The van der Waals surface area contributed by atoms with Crippen LogP contribution in [-0.4, -0.2) is 36.5 Å². The first-order chi connectivity index (χ1) is 17.5. The molecular formula is C27H26N2O7S. The number of hydrogen-bond acceptors (Lipinski definition) is 6. The second-order valence-corrected chi connectivity index (χ2v) is 10.7. The van der Waals surface area contributed by atoms with Crippen molar-refractivity contribution in [3.8, 4) is 16.9 Å². The number of rotatable bonds is 8. The molecule has 1 amide bonds. The molecule has 0 saturated carbocycles. The maximum atomic E-state index is 12.8. The zero-order chi connectivity index (χ0) is 26.9. The summed E-state index contributed by atoms with van der Waals surface area (Å²) in [5.74, 6) is -1.97. The number of benzene rings is 3. The van der Waals surface area contributed by atoms with Gasteiger partial charge in [0.25, 0.3) is 5.91 Å². The van der Waals surface area contributed by atoms with E-state index in [-0.39, 0.29) is 16.4 Å². The fraction of sp³-hybridized carbons (Fsp3) is 0.185. The Hall–Kier alpha value is -4.15. The normalized spacial score (nSPS) is 12.5. The summed E-state index contributed by atoms with van der Waals surface area (Å²) in [4.78, 5) is 24.1. The number of furan rings is 1. The number of aryl methyl sites for hydroxylation is 1. The number of carbonyl (C=O) groups excluding carboxylic acids is 1. The molecule has 1 atom stereocenters. The number of hydrogen-bond donors (Lipinski definition) is 4. The second-order valence-electron chi connectivity index (χ2n) is 8.94. The van der Waals surface area contributed by atoms with Gasteiger partial charge in [0.2, 0.25) is 10.0 Å². The molecule has 0 aliphatic carbocycles. The van der Waals surface area contributed by atoms with Crippen molar-refractivity contribution in [2.45, 2.75) is 31.7 Å². The van der Waals surface area contributed by atoms with Crippen LogP contribution in [0.5, 0.6) is 5.75 Å². The van der Waals surface area contributed by atoms with Crippen LogP contribution in [0.15, 0.2) is 76.0 Å². The van der Waals surface area contributed by atoms with Crippen LogP contribution in [0.3, 0.4) is 0 Å². The summed E-state index contributed by atoms with van der Waals surface area (Å²) in [6.07, 6.45) is 0. The third-order valence-corrected chi connectivity index (χ3v) is 7.45. The van der Waals surface area contributed by atoms with E-state index in [4.69, 9.17) is 4.42 Å². The van der Waals surface area contributed by atoms with Crippen molar-refractivity contribution in [1.82, 2.24) is 4.72 Å². The van der Waals surface area contributed by atoms with Crippen LogP contribution in [0.25, 0.3) is 22.1 Å². The number of phenols is 1. The molecule has 0 fully saturated rings. The number of anilines is 1. The zero-order valence-corrected chi connectivity index (χ0v) is 21.2. The van der Waals surface area contributed by atoms with Gasteiger partial charge in [-0.2, -0.15) is 4.72 Å². The van der Waals surface area contributed by atoms with Crippen molar-refractivity contribution in [2.75, 3.05) is 5.32 Å². The molecule has 0 radical (unpaired) electrons. The molecule has 0 bridgehead atoms. The van der Waals surface area contributed by atoms with Crippen molar-refractivity contribution < 1.29 is 32.6 Å². The molecular weight excluding hydrogens is 496 g/mol. The average Bonchev–Trinajstić information content (AvgIpc) is 3.20. The van der Waals surface area contributed by atoms with Crippen molar-refractivity contribution in [3.63, 3.8) is 0 Å². The summed E-state index contributed by atoms with van der Waals surface area (Å²) in [6, 6.07) is 16.6. The summed E-state index contributed by atoms with van der Waals surface area (Å²) in [7, 11) is -4.01.